The molecule has 268 valence electrons. The molecule has 54 heavy (non-hydrogen) atoms. The molecule has 0 amide bonds. The van der Waals surface area contributed by atoms with E-state index in [4.69, 9.17) is 26.0 Å². The monoisotopic (exact) mass is 716 g/mol. The maximum absolute atomic E-state index is 5.78. The molecule has 4 aromatic heterocycles. The highest BCUT2D eigenvalue weighted by Crippen LogP contribution is 2.53. The topological polar surface area (TPSA) is 182 Å². The first kappa shape index (κ1) is 32.9. The smallest absolute Gasteiger partial charge is 0.272 e. The van der Waals surface area contributed by atoms with Gasteiger partial charge in [-0.3, -0.25) is 0 Å². The maximum atomic E-state index is 5.78. The highest BCUT2D eigenvalue weighted by atomic mass is 16.5. The zero-order valence-electron chi connectivity index (χ0n) is 29.7. The Morgan fingerprint density at radius 2 is 1.02 bits per heavy atom. The van der Waals surface area contributed by atoms with E-state index >= 15 is 0 Å². The standard InChI is InChI=1S/2C20H18N6O/c1-27-16-8-4-14(5-9-16)20(10-11-20)18-24-25-19-23-17(12-22-26(18)19)13-2-6-15(21)7-3-13;1-27-16-8-4-14(5-9-16)20(10-11-20)18-23-24-19-22-12-17(25-26(18)19)13-2-6-15(21)7-3-13/h2*2-9,12H,10-11,21H2,1H3. The first-order chi connectivity index (χ1) is 26.4. The summed E-state index contributed by atoms with van der Waals surface area (Å²) in [5.41, 5.74) is 18.4. The quantitative estimate of drug-likeness (QED) is 0.183. The first-order valence-corrected chi connectivity index (χ1v) is 17.6. The Kier molecular flexibility index (Phi) is 7.87. The lowest BCUT2D eigenvalue weighted by Gasteiger charge is -2.14. The van der Waals surface area contributed by atoms with Crippen molar-refractivity contribution in [2.45, 2.75) is 36.5 Å². The number of fused-ring (bicyclic) bond motifs is 2. The van der Waals surface area contributed by atoms with Gasteiger partial charge in [0.1, 0.15) is 17.2 Å². The van der Waals surface area contributed by atoms with Gasteiger partial charge in [0.2, 0.25) is 0 Å². The molecule has 14 heteroatoms. The average Bonchev–Trinajstić information content (AvgIpc) is 4.13. The van der Waals surface area contributed by atoms with Crippen molar-refractivity contribution >= 4 is 22.9 Å². The van der Waals surface area contributed by atoms with Crippen LogP contribution in [0.15, 0.2) is 109 Å². The Bertz CT molecular complexity index is 2590. The number of nitrogens with two attached hydrogens (primary N) is 2. The molecule has 0 atom stereocenters. The molecule has 0 aliphatic heterocycles. The fourth-order valence-corrected chi connectivity index (χ4v) is 6.92. The number of hydrogen-bond donors (Lipinski definition) is 2. The summed E-state index contributed by atoms with van der Waals surface area (Å²) >= 11 is 0. The van der Waals surface area contributed by atoms with E-state index in [0.29, 0.717) is 22.9 Å². The van der Waals surface area contributed by atoms with Crippen LogP contribution in [0.5, 0.6) is 11.5 Å². The fraction of sp³-hybridized carbons (Fsp3) is 0.200. The average molecular weight is 717 g/mol. The highest BCUT2D eigenvalue weighted by molar-refractivity contribution is 5.63. The Hall–Kier alpha value is -6.96. The molecule has 0 saturated heterocycles. The molecule has 0 spiro atoms. The molecule has 14 nitrogen and oxygen atoms in total. The maximum Gasteiger partial charge on any atom is 0.272 e. The van der Waals surface area contributed by atoms with E-state index in [9.17, 15) is 0 Å². The molecule has 2 fully saturated rings. The molecule has 8 aromatic rings. The third-order valence-electron chi connectivity index (χ3n) is 10.3. The summed E-state index contributed by atoms with van der Waals surface area (Å²) in [6, 6.07) is 31.4. The van der Waals surface area contributed by atoms with Crippen LogP contribution in [0, 0.1) is 0 Å². The van der Waals surface area contributed by atoms with Crippen LogP contribution in [0.25, 0.3) is 34.1 Å². The molecule has 0 unspecified atom stereocenters. The van der Waals surface area contributed by atoms with Gasteiger partial charge in [0, 0.05) is 22.5 Å². The van der Waals surface area contributed by atoms with Gasteiger partial charge in [-0.2, -0.15) is 19.2 Å². The Morgan fingerprint density at radius 1 is 0.537 bits per heavy atom. The molecule has 0 radical (unpaired) electrons. The van der Waals surface area contributed by atoms with Crippen LogP contribution in [-0.4, -0.2) is 63.8 Å². The van der Waals surface area contributed by atoms with Gasteiger partial charge in [-0.15, -0.1) is 20.4 Å². The molecular weight excluding hydrogens is 681 g/mol. The highest BCUT2D eigenvalue weighted by Gasteiger charge is 2.51. The summed E-state index contributed by atoms with van der Waals surface area (Å²) in [7, 11) is 3.34. The van der Waals surface area contributed by atoms with Crippen molar-refractivity contribution < 1.29 is 9.47 Å². The SMILES string of the molecule is COc1ccc(C2(c3nnc4nc(-c5ccc(N)cc5)cnn34)CC2)cc1.COc1ccc(C2(c3nnc4ncc(-c5ccc(N)cc5)nn34)CC2)cc1. The van der Waals surface area contributed by atoms with E-state index in [-0.39, 0.29) is 10.8 Å². The van der Waals surface area contributed by atoms with Gasteiger partial charge in [-0.05, 0) is 85.3 Å². The number of anilines is 2. The molecule has 0 bridgehead atoms. The van der Waals surface area contributed by atoms with Crippen LogP contribution in [0.4, 0.5) is 11.4 Å². The first-order valence-electron chi connectivity index (χ1n) is 17.6. The summed E-state index contributed by atoms with van der Waals surface area (Å²) in [5, 5.41) is 26.7. The van der Waals surface area contributed by atoms with E-state index in [0.717, 1.165) is 71.3 Å². The Morgan fingerprint density at radius 3 is 1.52 bits per heavy atom. The van der Waals surface area contributed by atoms with E-state index in [1.807, 2.05) is 72.8 Å². The zero-order valence-corrected chi connectivity index (χ0v) is 29.7. The van der Waals surface area contributed by atoms with Crippen LogP contribution < -0.4 is 20.9 Å². The van der Waals surface area contributed by atoms with Crippen LogP contribution in [-0.2, 0) is 10.8 Å². The van der Waals surface area contributed by atoms with Gasteiger partial charge in [0.15, 0.2) is 11.6 Å². The Balaban J connectivity index is 0.000000142. The van der Waals surface area contributed by atoms with Crippen molar-refractivity contribution in [1.82, 2.24) is 49.6 Å². The summed E-state index contributed by atoms with van der Waals surface area (Å²) in [6.45, 7) is 0. The number of aromatic nitrogens is 10. The second-order valence-electron chi connectivity index (χ2n) is 13.6. The van der Waals surface area contributed by atoms with Crippen molar-refractivity contribution in [2.24, 2.45) is 0 Å². The number of methoxy groups -OCH3 is 2. The number of hydrogen-bond acceptors (Lipinski definition) is 12. The fourth-order valence-electron chi connectivity index (χ4n) is 6.92. The van der Waals surface area contributed by atoms with Gasteiger partial charge in [-0.1, -0.05) is 48.5 Å². The molecule has 4 aromatic carbocycles. The third kappa shape index (κ3) is 5.77. The molecule has 2 aliphatic rings. The number of ether oxygens (including phenoxy) is 2. The Labute approximate surface area is 309 Å². The molecule has 4 heterocycles. The summed E-state index contributed by atoms with van der Waals surface area (Å²) < 4.78 is 14.0. The predicted molar refractivity (Wildman–Crippen MR) is 203 cm³/mol. The number of benzene rings is 4. The number of nitrogen functional groups attached to an aromatic ring is 2. The minimum Gasteiger partial charge on any atom is -0.497 e. The third-order valence-corrected chi connectivity index (χ3v) is 10.3. The minimum atomic E-state index is -0.167. The van der Waals surface area contributed by atoms with E-state index in [1.165, 1.54) is 11.1 Å². The van der Waals surface area contributed by atoms with Crippen molar-refractivity contribution in [3.05, 3.63) is 132 Å². The molecule has 2 aliphatic carbocycles. The van der Waals surface area contributed by atoms with Crippen LogP contribution >= 0.6 is 0 Å². The van der Waals surface area contributed by atoms with Gasteiger partial charge in [0.25, 0.3) is 11.6 Å². The van der Waals surface area contributed by atoms with Crippen molar-refractivity contribution in [3.8, 4) is 34.0 Å². The molecule has 10 rings (SSSR count). The van der Waals surface area contributed by atoms with Crippen molar-refractivity contribution in [1.29, 1.82) is 0 Å². The summed E-state index contributed by atoms with van der Waals surface area (Å²) in [6.07, 6.45) is 7.51. The lowest BCUT2D eigenvalue weighted by Crippen LogP contribution is -2.15. The van der Waals surface area contributed by atoms with Gasteiger partial charge in [-0.25, -0.2) is 9.97 Å². The van der Waals surface area contributed by atoms with E-state index in [2.05, 4.69) is 59.7 Å². The molecule has 2 saturated carbocycles. The number of nitrogens with zero attached hydrogens (tertiary/aromatic N) is 10. The van der Waals surface area contributed by atoms with Gasteiger partial charge >= 0.3 is 0 Å². The van der Waals surface area contributed by atoms with E-state index < -0.39 is 0 Å². The van der Waals surface area contributed by atoms with Gasteiger partial charge < -0.3 is 20.9 Å². The minimum absolute atomic E-state index is 0.150. The normalized spacial score (nSPS) is 15.0. The summed E-state index contributed by atoms with van der Waals surface area (Å²) in [4.78, 5) is 9.06. The summed E-state index contributed by atoms with van der Waals surface area (Å²) in [5.74, 6) is 4.34. The molecule has 4 N–H and O–H groups in total. The van der Waals surface area contributed by atoms with Gasteiger partial charge in [0.05, 0.1) is 43.1 Å². The number of rotatable bonds is 8. The second kappa shape index (κ2) is 12.9. The van der Waals surface area contributed by atoms with Crippen molar-refractivity contribution in [3.63, 3.8) is 0 Å². The van der Waals surface area contributed by atoms with Crippen LogP contribution in [0.3, 0.4) is 0 Å². The molecular formula is C40H36N12O2. The zero-order chi connectivity index (χ0) is 36.9. The largest absolute Gasteiger partial charge is 0.497 e. The van der Waals surface area contributed by atoms with Crippen LogP contribution in [0.1, 0.15) is 48.5 Å². The predicted octanol–water partition coefficient (Wildman–Crippen LogP) is 5.71. The second-order valence-corrected chi connectivity index (χ2v) is 13.6. The van der Waals surface area contributed by atoms with E-state index in [1.54, 1.807) is 35.6 Å². The van der Waals surface area contributed by atoms with Crippen molar-refractivity contribution in [2.75, 3.05) is 25.7 Å². The lowest BCUT2D eigenvalue weighted by molar-refractivity contribution is 0.414. The lowest BCUT2D eigenvalue weighted by atomic mass is 9.95. The van der Waals surface area contributed by atoms with Crippen LogP contribution in [0.2, 0.25) is 0 Å².